The normalized spacial score (nSPS) is 14.2. The van der Waals surface area contributed by atoms with Gasteiger partial charge >= 0.3 is 6.03 Å². The maximum Gasteiger partial charge on any atom is 0.321 e. The lowest BCUT2D eigenvalue weighted by molar-refractivity contribution is 0.208. The summed E-state index contributed by atoms with van der Waals surface area (Å²) in [6.07, 6.45) is 0.729. The van der Waals surface area contributed by atoms with E-state index in [4.69, 9.17) is 4.52 Å². The second-order valence-electron chi connectivity index (χ2n) is 6.68. The lowest BCUT2D eigenvalue weighted by Crippen LogP contribution is -2.50. The Labute approximate surface area is 164 Å². The molecule has 0 saturated carbocycles. The van der Waals surface area contributed by atoms with E-state index in [2.05, 4.69) is 32.5 Å². The summed E-state index contributed by atoms with van der Waals surface area (Å²) in [5.41, 5.74) is 2.89. The number of carbonyl (C=O) groups excluding carboxylic acids is 1. The van der Waals surface area contributed by atoms with Crippen molar-refractivity contribution in [3.63, 3.8) is 0 Å². The van der Waals surface area contributed by atoms with Gasteiger partial charge in [0.2, 0.25) is 11.7 Å². The molecule has 28 heavy (non-hydrogen) atoms. The molecule has 0 radical (unpaired) electrons. The van der Waals surface area contributed by atoms with E-state index < -0.39 is 0 Å². The molecule has 144 valence electrons. The standard InChI is InChI=1S/C21H23N5O2/c1-2-19-23-20(24-28-19)16-8-10-18(11-9-16)25-12-14-26(15-13-25)21(27)22-17-6-4-3-5-7-17/h3-11H,2,12-15H2,1H3,(H,22,27). The number of aromatic nitrogens is 2. The third kappa shape index (κ3) is 3.98. The van der Waals surface area contributed by atoms with Gasteiger partial charge in [-0.25, -0.2) is 4.79 Å². The molecule has 2 heterocycles. The van der Waals surface area contributed by atoms with Crippen LogP contribution in [0, 0.1) is 0 Å². The van der Waals surface area contributed by atoms with Gasteiger partial charge in [0.25, 0.3) is 0 Å². The lowest BCUT2D eigenvalue weighted by atomic mass is 10.1. The highest BCUT2D eigenvalue weighted by Gasteiger charge is 2.21. The number of para-hydroxylation sites is 1. The topological polar surface area (TPSA) is 74.5 Å². The van der Waals surface area contributed by atoms with Crippen molar-refractivity contribution < 1.29 is 9.32 Å². The van der Waals surface area contributed by atoms with Gasteiger partial charge in [0, 0.05) is 49.5 Å². The van der Waals surface area contributed by atoms with E-state index >= 15 is 0 Å². The number of nitrogens with zero attached hydrogens (tertiary/aromatic N) is 4. The molecule has 1 aromatic heterocycles. The van der Waals surface area contributed by atoms with Crippen LogP contribution in [0.3, 0.4) is 0 Å². The van der Waals surface area contributed by atoms with Crippen molar-refractivity contribution in [1.29, 1.82) is 0 Å². The lowest BCUT2D eigenvalue weighted by Gasteiger charge is -2.36. The van der Waals surface area contributed by atoms with Crippen LogP contribution in [-0.4, -0.2) is 47.3 Å². The number of urea groups is 1. The van der Waals surface area contributed by atoms with Gasteiger partial charge in [-0.3, -0.25) is 0 Å². The van der Waals surface area contributed by atoms with E-state index in [0.717, 1.165) is 36.4 Å². The summed E-state index contributed by atoms with van der Waals surface area (Å²) in [4.78, 5) is 20.9. The van der Waals surface area contributed by atoms with Crippen LogP contribution in [0.5, 0.6) is 0 Å². The molecule has 0 spiro atoms. The Kier molecular flexibility index (Phi) is 5.23. The Morgan fingerprint density at radius 3 is 2.39 bits per heavy atom. The summed E-state index contributed by atoms with van der Waals surface area (Å²) in [7, 11) is 0. The first-order chi connectivity index (χ1) is 13.7. The minimum atomic E-state index is -0.0509. The third-order valence-electron chi connectivity index (χ3n) is 4.85. The first-order valence-corrected chi connectivity index (χ1v) is 9.52. The number of rotatable bonds is 4. The van der Waals surface area contributed by atoms with Gasteiger partial charge < -0.3 is 19.6 Å². The van der Waals surface area contributed by atoms with Crippen molar-refractivity contribution >= 4 is 17.4 Å². The molecule has 2 amide bonds. The quantitative estimate of drug-likeness (QED) is 0.751. The van der Waals surface area contributed by atoms with E-state index in [0.29, 0.717) is 24.8 Å². The van der Waals surface area contributed by atoms with Gasteiger partial charge in [-0.1, -0.05) is 30.3 Å². The summed E-state index contributed by atoms with van der Waals surface area (Å²) in [6, 6.07) is 17.6. The fourth-order valence-corrected chi connectivity index (χ4v) is 3.23. The number of benzene rings is 2. The second-order valence-corrected chi connectivity index (χ2v) is 6.68. The molecule has 7 heteroatoms. The maximum atomic E-state index is 12.4. The largest absolute Gasteiger partial charge is 0.368 e. The number of hydrogen-bond acceptors (Lipinski definition) is 5. The highest BCUT2D eigenvalue weighted by Crippen LogP contribution is 2.22. The number of hydrogen-bond donors (Lipinski definition) is 1. The predicted octanol–water partition coefficient (Wildman–Crippen LogP) is 3.65. The number of carbonyl (C=O) groups is 1. The van der Waals surface area contributed by atoms with Gasteiger partial charge in [-0.05, 0) is 36.4 Å². The average Bonchev–Trinajstić information content (AvgIpc) is 3.24. The molecule has 1 N–H and O–H groups in total. The molecule has 3 aromatic rings. The van der Waals surface area contributed by atoms with E-state index in [1.165, 1.54) is 0 Å². The molecule has 0 bridgehead atoms. The fourth-order valence-electron chi connectivity index (χ4n) is 3.23. The van der Waals surface area contributed by atoms with E-state index in [-0.39, 0.29) is 6.03 Å². The summed E-state index contributed by atoms with van der Waals surface area (Å²) < 4.78 is 5.18. The van der Waals surface area contributed by atoms with Gasteiger partial charge in [0.05, 0.1) is 0 Å². The molecule has 1 saturated heterocycles. The van der Waals surface area contributed by atoms with Gasteiger partial charge in [0.15, 0.2) is 0 Å². The predicted molar refractivity (Wildman–Crippen MR) is 108 cm³/mol. The zero-order chi connectivity index (χ0) is 19.3. The van der Waals surface area contributed by atoms with Crippen molar-refractivity contribution in [1.82, 2.24) is 15.0 Å². The molecule has 1 aliphatic rings. The number of anilines is 2. The van der Waals surface area contributed by atoms with Crippen LogP contribution in [-0.2, 0) is 6.42 Å². The Morgan fingerprint density at radius 2 is 1.75 bits per heavy atom. The number of aryl methyl sites for hydroxylation is 1. The Hall–Kier alpha value is -3.35. The van der Waals surface area contributed by atoms with Gasteiger partial charge in [-0.15, -0.1) is 0 Å². The number of amides is 2. The molecule has 0 unspecified atom stereocenters. The highest BCUT2D eigenvalue weighted by molar-refractivity contribution is 5.89. The molecule has 1 fully saturated rings. The Bertz CT molecular complexity index is 915. The molecule has 0 atom stereocenters. The molecule has 1 aliphatic heterocycles. The third-order valence-corrected chi connectivity index (χ3v) is 4.85. The van der Waals surface area contributed by atoms with Crippen molar-refractivity contribution in [2.45, 2.75) is 13.3 Å². The Balaban J connectivity index is 1.34. The molecule has 0 aliphatic carbocycles. The van der Waals surface area contributed by atoms with Crippen LogP contribution in [0.4, 0.5) is 16.2 Å². The van der Waals surface area contributed by atoms with Crippen molar-refractivity contribution in [3.05, 3.63) is 60.5 Å². The van der Waals surface area contributed by atoms with E-state index in [1.807, 2.05) is 54.3 Å². The fraction of sp³-hybridized carbons (Fsp3) is 0.286. The van der Waals surface area contributed by atoms with Gasteiger partial charge in [-0.2, -0.15) is 4.98 Å². The Morgan fingerprint density at radius 1 is 1.04 bits per heavy atom. The first-order valence-electron chi connectivity index (χ1n) is 9.52. The van der Waals surface area contributed by atoms with Gasteiger partial charge in [0.1, 0.15) is 0 Å². The van der Waals surface area contributed by atoms with Crippen molar-refractivity contribution in [2.24, 2.45) is 0 Å². The van der Waals surface area contributed by atoms with Crippen LogP contribution in [0.1, 0.15) is 12.8 Å². The first kappa shape index (κ1) is 18.0. The summed E-state index contributed by atoms with van der Waals surface area (Å²) in [5, 5.41) is 6.96. The van der Waals surface area contributed by atoms with E-state index in [9.17, 15) is 4.79 Å². The molecular weight excluding hydrogens is 354 g/mol. The monoisotopic (exact) mass is 377 g/mol. The van der Waals surface area contributed by atoms with E-state index in [1.54, 1.807) is 0 Å². The maximum absolute atomic E-state index is 12.4. The van der Waals surface area contributed by atoms with Crippen LogP contribution < -0.4 is 10.2 Å². The molecule has 2 aromatic carbocycles. The molecular formula is C21H23N5O2. The minimum absolute atomic E-state index is 0.0509. The van der Waals surface area contributed by atoms with Crippen LogP contribution >= 0.6 is 0 Å². The SMILES string of the molecule is CCc1nc(-c2ccc(N3CCN(C(=O)Nc4ccccc4)CC3)cc2)no1. The second kappa shape index (κ2) is 8.12. The number of piperazine rings is 1. The minimum Gasteiger partial charge on any atom is -0.368 e. The molecule has 4 rings (SSSR count). The van der Waals surface area contributed by atoms with Crippen LogP contribution in [0.25, 0.3) is 11.4 Å². The zero-order valence-electron chi connectivity index (χ0n) is 15.8. The zero-order valence-corrected chi connectivity index (χ0v) is 15.8. The summed E-state index contributed by atoms with van der Waals surface area (Å²) in [5.74, 6) is 1.26. The van der Waals surface area contributed by atoms with Crippen molar-refractivity contribution in [2.75, 3.05) is 36.4 Å². The average molecular weight is 377 g/mol. The van der Waals surface area contributed by atoms with Crippen LogP contribution in [0.2, 0.25) is 0 Å². The van der Waals surface area contributed by atoms with Crippen LogP contribution in [0.15, 0.2) is 59.1 Å². The number of nitrogens with one attached hydrogen (secondary N) is 1. The molecule has 7 nitrogen and oxygen atoms in total. The smallest absolute Gasteiger partial charge is 0.321 e. The summed E-state index contributed by atoms with van der Waals surface area (Å²) >= 11 is 0. The summed E-state index contributed by atoms with van der Waals surface area (Å²) in [6.45, 7) is 4.95. The van der Waals surface area contributed by atoms with Crippen molar-refractivity contribution in [3.8, 4) is 11.4 Å². The highest BCUT2D eigenvalue weighted by atomic mass is 16.5.